The molecule has 0 bridgehead atoms. The topological polar surface area (TPSA) is 49.4 Å². The third kappa shape index (κ3) is 5.61. The zero-order valence-electron chi connectivity index (χ0n) is 18.4. The molecule has 36 heavy (non-hydrogen) atoms. The molecule has 11 heteroatoms. The molecule has 4 nitrogen and oxygen atoms in total. The quantitative estimate of drug-likeness (QED) is 0.344. The number of alkyl halides is 3. The van der Waals surface area contributed by atoms with Gasteiger partial charge >= 0.3 is 6.18 Å². The highest BCUT2D eigenvalue weighted by Gasteiger charge is 2.34. The number of anilines is 1. The second-order valence-corrected chi connectivity index (χ2v) is 9.45. The molecule has 0 atom stereocenters. The molecule has 0 radical (unpaired) electrons. The molecule has 1 heterocycles. The molecule has 0 aromatic heterocycles. The van der Waals surface area contributed by atoms with Crippen LogP contribution < -0.4 is 5.32 Å². The van der Waals surface area contributed by atoms with Gasteiger partial charge in [-0.05, 0) is 59.5 Å². The summed E-state index contributed by atoms with van der Waals surface area (Å²) < 4.78 is 52.2. The molecule has 0 saturated heterocycles. The maximum atomic E-state index is 13.9. The van der Waals surface area contributed by atoms with E-state index in [1.54, 1.807) is 29.2 Å². The zero-order valence-corrected chi connectivity index (χ0v) is 20.6. The van der Waals surface area contributed by atoms with E-state index >= 15 is 0 Å². The molecule has 0 spiro atoms. The van der Waals surface area contributed by atoms with Gasteiger partial charge < -0.3 is 10.2 Å². The molecular weight excluding hydrogens is 543 g/mol. The van der Waals surface area contributed by atoms with Crippen molar-refractivity contribution in [2.45, 2.75) is 25.6 Å². The normalized spacial score (nSPS) is 13.4. The van der Waals surface area contributed by atoms with E-state index in [0.717, 1.165) is 17.2 Å². The molecular formula is C25H17Cl3F4N2O2. The van der Waals surface area contributed by atoms with Crippen LogP contribution in [0.25, 0.3) is 0 Å². The van der Waals surface area contributed by atoms with Crippen LogP contribution in [-0.2, 0) is 30.4 Å². The second-order valence-electron chi connectivity index (χ2n) is 8.20. The van der Waals surface area contributed by atoms with Gasteiger partial charge in [0.1, 0.15) is 5.82 Å². The van der Waals surface area contributed by atoms with Gasteiger partial charge in [-0.1, -0.05) is 46.9 Å². The number of nitrogens with one attached hydrogen (secondary N) is 1. The first kappa shape index (κ1) is 26.3. The average Bonchev–Trinajstić information content (AvgIpc) is 2.79. The number of hydrogen-bond acceptors (Lipinski definition) is 2. The Bertz CT molecular complexity index is 1360. The van der Waals surface area contributed by atoms with Crippen molar-refractivity contribution in [2.75, 3.05) is 11.9 Å². The van der Waals surface area contributed by atoms with Crippen molar-refractivity contribution in [1.29, 1.82) is 0 Å². The van der Waals surface area contributed by atoms with E-state index in [-0.39, 0.29) is 34.5 Å². The molecule has 1 N–H and O–H groups in total. The lowest BCUT2D eigenvalue weighted by atomic mass is 9.96. The van der Waals surface area contributed by atoms with Crippen LogP contribution in [0.4, 0.5) is 23.2 Å². The number of hydrogen-bond donors (Lipinski definition) is 1. The van der Waals surface area contributed by atoms with Crippen molar-refractivity contribution < 1.29 is 27.2 Å². The monoisotopic (exact) mass is 558 g/mol. The molecule has 3 aromatic rings. The highest BCUT2D eigenvalue weighted by Crippen LogP contribution is 2.35. The summed E-state index contributed by atoms with van der Waals surface area (Å²) in [5.41, 5.74) is 0.848. The summed E-state index contributed by atoms with van der Waals surface area (Å²) in [6.45, 7) is 0.579. The number of fused-ring (bicyclic) bond motifs is 1. The number of halogens is 7. The number of rotatable bonds is 4. The van der Waals surface area contributed by atoms with Gasteiger partial charge in [0.15, 0.2) is 0 Å². The summed E-state index contributed by atoms with van der Waals surface area (Å²) in [4.78, 5) is 27.2. The van der Waals surface area contributed by atoms with E-state index in [0.29, 0.717) is 41.4 Å². The van der Waals surface area contributed by atoms with E-state index in [1.807, 2.05) is 0 Å². The predicted octanol–water partition coefficient (Wildman–Crippen LogP) is 7.18. The Morgan fingerprint density at radius 1 is 0.972 bits per heavy atom. The van der Waals surface area contributed by atoms with E-state index in [9.17, 15) is 27.2 Å². The van der Waals surface area contributed by atoms with Crippen molar-refractivity contribution in [3.05, 3.63) is 97.2 Å². The minimum Gasteiger partial charge on any atom is -0.334 e. The van der Waals surface area contributed by atoms with Crippen LogP contribution in [0.5, 0.6) is 0 Å². The molecule has 0 saturated carbocycles. The Kier molecular flexibility index (Phi) is 7.50. The van der Waals surface area contributed by atoms with E-state index < -0.39 is 23.5 Å². The van der Waals surface area contributed by atoms with Crippen molar-refractivity contribution in [1.82, 2.24) is 4.90 Å². The van der Waals surface area contributed by atoms with Crippen molar-refractivity contribution in [3.63, 3.8) is 0 Å². The third-order valence-corrected chi connectivity index (χ3v) is 6.63. The van der Waals surface area contributed by atoms with Crippen LogP contribution in [0.15, 0.2) is 48.5 Å². The van der Waals surface area contributed by atoms with Crippen LogP contribution in [0.2, 0.25) is 15.1 Å². The Morgan fingerprint density at radius 2 is 1.72 bits per heavy atom. The van der Waals surface area contributed by atoms with Gasteiger partial charge in [0, 0.05) is 18.1 Å². The molecule has 1 aliphatic rings. The fourth-order valence-electron chi connectivity index (χ4n) is 4.04. The van der Waals surface area contributed by atoms with Gasteiger partial charge in [0.25, 0.3) is 5.91 Å². The van der Waals surface area contributed by atoms with Gasteiger partial charge in [-0.15, -0.1) is 0 Å². The standard InChI is InChI=1S/C25H17Cl3F4N2O2/c26-15-3-4-17(20(28)11-15)24(36)34-8-7-16-14(12-34)2-6-19(27)23(16)33-22(35)10-13-1-5-18(21(29)9-13)25(30,31)32/h1-6,9,11H,7-8,10,12H2,(H,33,35). The summed E-state index contributed by atoms with van der Waals surface area (Å²) in [7, 11) is 0. The van der Waals surface area contributed by atoms with E-state index in [2.05, 4.69) is 5.32 Å². The first-order valence-electron chi connectivity index (χ1n) is 10.6. The summed E-state index contributed by atoms with van der Waals surface area (Å²) in [5, 5.41) is 3.60. The second kappa shape index (κ2) is 10.3. The molecule has 3 aromatic carbocycles. The molecule has 188 valence electrons. The lowest BCUT2D eigenvalue weighted by Gasteiger charge is -2.31. The Labute approximate surface area is 218 Å². The zero-order chi connectivity index (χ0) is 26.2. The highest BCUT2D eigenvalue weighted by atomic mass is 35.5. The Hall–Kier alpha value is -2.81. The number of amides is 2. The molecule has 0 aliphatic carbocycles. The van der Waals surface area contributed by atoms with Crippen molar-refractivity contribution in [2.24, 2.45) is 0 Å². The first-order valence-corrected chi connectivity index (χ1v) is 11.8. The molecule has 2 amide bonds. The van der Waals surface area contributed by atoms with Gasteiger partial charge in [-0.2, -0.15) is 13.2 Å². The third-order valence-electron chi connectivity index (χ3n) is 5.77. The number of nitrogens with zero attached hydrogens (tertiary/aromatic N) is 1. The predicted molar refractivity (Wildman–Crippen MR) is 130 cm³/mol. The molecule has 4 rings (SSSR count). The van der Waals surface area contributed by atoms with Crippen LogP contribution >= 0.6 is 34.8 Å². The summed E-state index contributed by atoms with van der Waals surface area (Å²) >= 11 is 18.4. The van der Waals surface area contributed by atoms with Gasteiger partial charge in [-0.3, -0.25) is 9.59 Å². The average molecular weight is 560 g/mol. The van der Waals surface area contributed by atoms with Gasteiger partial charge in [0.05, 0.1) is 33.3 Å². The fourth-order valence-corrected chi connectivity index (χ4v) is 4.75. The maximum absolute atomic E-state index is 13.9. The number of carbonyl (C=O) groups excluding carboxylic acids is 2. The van der Waals surface area contributed by atoms with Gasteiger partial charge in [0.2, 0.25) is 5.91 Å². The van der Waals surface area contributed by atoms with Crippen LogP contribution in [0, 0.1) is 5.82 Å². The van der Waals surface area contributed by atoms with Crippen LogP contribution in [0.3, 0.4) is 0 Å². The molecule has 1 aliphatic heterocycles. The first-order chi connectivity index (χ1) is 16.9. The van der Waals surface area contributed by atoms with Crippen LogP contribution in [0.1, 0.15) is 32.6 Å². The van der Waals surface area contributed by atoms with Crippen molar-refractivity contribution >= 4 is 52.3 Å². The maximum Gasteiger partial charge on any atom is 0.419 e. The Balaban J connectivity index is 1.50. The largest absolute Gasteiger partial charge is 0.419 e. The summed E-state index contributed by atoms with van der Waals surface area (Å²) in [6, 6.07) is 10.3. The lowest BCUT2D eigenvalue weighted by molar-refractivity contribution is -0.140. The fraction of sp³-hybridized carbons (Fsp3) is 0.200. The summed E-state index contributed by atoms with van der Waals surface area (Å²) in [6.07, 6.45) is -4.79. The number of carbonyl (C=O) groups is 2. The van der Waals surface area contributed by atoms with Crippen molar-refractivity contribution in [3.8, 4) is 0 Å². The molecule has 0 fully saturated rings. The van der Waals surface area contributed by atoms with Crippen LogP contribution in [-0.4, -0.2) is 23.3 Å². The smallest absolute Gasteiger partial charge is 0.334 e. The summed E-state index contributed by atoms with van der Waals surface area (Å²) in [5.74, 6) is -2.29. The van der Waals surface area contributed by atoms with E-state index in [4.69, 9.17) is 34.8 Å². The molecule has 0 unspecified atom stereocenters. The van der Waals surface area contributed by atoms with Gasteiger partial charge in [-0.25, -0.2) is 4.39 Å². The lowest BCUT2D eigenvalue weighted by Crippen LogP contribution is -2.36. The minimum atomic E-state index is -4.82. The Morgan fingerprint density at radius 3 is 2.39 bits per heavy atom. The SMILES string of the molecule is O=C(Cc1ccc(C(F)(F)F)c(F)c1)Nc1c(Cl)ccc2c1CCN(C(=O)c1ccc(Cl)cc1Cl)C2. The minimum absolute atomic E-state index is 0.0792. The van der Waals surface area contributed by atoms with E-state index in [1.165, 1.54) is 6.07 Å². The highest BCUT2D eigenvalue weighted by molar-refractivity contribution is 6.36. The number of benzene rings is 3.